The minimum absolute atomic E-state index is 0.0227. The van der Waals surface area contributed by atoms with Crippen LogP contribution >= 0.6 is 11.3 Å². The third-order valence-corrected chi connectivity index (χ3v) is 2.81. The van der Waals surface area contributed by atoms with Crippen LogP contribution in [0.15, 0.2) is 11.4 Å². The third kappa shape index (κ3) is 2.54. The first kappa shape index (κ1) is 10.2. The summed E-state index contributed by atoms with van der Waals surface area (Å²) in [5, 5.41) is 4.73. The summed E-state index contributed by atoms with van der Waals surface area (Å²) in [6, 6.07) is 1.97. The van der Waals surface area contributed by atoms with E-state index in [0.717, 1.165) is 10.4 Å². The van der Waals surface area contributed by atoms with Crippen LogP contribution in [0.5, 0.6) is 0 Å². The van der Waals surface area contributed by atoms with Crippen molar-refractivity contribution in [3.05, 3.63) is 21.9 Å². The molecule has 0 spiro atoms. The Hall–Kier alpha value is -0.870. The van der Waals surface area contributed by atoms with E-state index in [1.54, 1.807) is 0 Å². The third-order valence-electron chi connectivity index (χ3n) is 1.80. The molecule has 0 aliphatic rings. The number of rotatable bonds is 3. The minimum Gasteiger partial charge on any atom is -0.348 e. The summed E-state index contributed by atoms with van der Waals surface area (Å²) in [5.41, 5.74) is 6.42. The Bertz CT molecular complexity index is 296. The summed E-state index contributed by atoms with van der Waals surface area (Å²) in [6.45, 7) is 4.29. The first-order valence-electron chi connectivity index (χ1n) is 4.20. The van der Waals surface area contributed by atoms with E-state index >= 15 is 0 Å². The Morgan fingerprint density at radius 2 is 2.46 bits per heavy atom. The Morgan fingerprint density at radius 1 is 1.77 bits per heavy atom. The Morgan fingerprint density at radius 3 is 2.92 bits per heavy atom. The van der Waals surface area contributed by atoms with E-state index in [9.17, 15) is 4.79 Å². The Kier molecular flexibility index (Phi) is 3.45. The van der Waals surface area contributed by atoms with Gasteiger partial charge in [0.2, 0.25) is 0 Å². The van der Waals surface area contributed by atoms with Crippen LogP contribution in [0.1, 0.15) is 22.2 Å². The molecule has 1 atom stereocenters. The summed E-state index contributed by atoms with van der Waals surface area (Å²) in [5.74, 6) is -0.0227. The van der Waals surface area contributed by atoms with Gasteiger partial charge in [-0.05, 0) is 30.9 Å². The number of nitrogens with two attached hydrogens (primary N) is 1. The van der Waals surface area contributed by atoms with Gasteiger partial charge in [-0.15, -0.1) is 11.3 Å². The quantitative estimate of drug-likeness (QED) is 0.765. The van der Waals surface area contributed by atoms with Crippen LogP contribution in [-0.2, 0) is 0 Å². The Labute approximate surface area is 81.9 Å². The van der Waals surface area contributed by atoms with E-state index in [0.29, 0.717) is 6.54 Å². The van der Waals surface area contributed by atoms with Crippen LogP contribution in [0, 0.1) is 6.92 Å². The molecule has 0 aliphatic heterocycles. The summed E-state index contributed by atoms with van der Waals surface area (Å²) >= 11 is 1.46. The van der Waals surface area contributed by atoms with Crippen molar-refractivity contribution in [3.8, 4) is 0 Å². The van der Waals surface area contributed by atoms with Crippen molar-refractivity contribution in [3.63, 3.8) is 0 Å². The van der Waals surface area contributed by atoms with Crippen molar-refractivity contribution in [2.45, 2.75) is 19.9 Å². The number of hydrogen-bond acceptors (Lipinski definition) is 3. The van der Waals surface area contributed by atoms with Gasteiger partial charge in [0.05, 0.1) is 4.88 Å². The van der Waals surface area contributed by atoms with E-state index in [1.165, 1.54) is 11.3 Å². The maximum Gasteiger partial charge on any atom is 0.261 e. The second-order valence-electron chi connectivity index (χ2n) is 3.04. The van der Waals surface area contributed by atoms with Crippen LogP contribution < -0.4 is 11.1 Å². The van der Waals surface area contributed by atoms with E-state index in [2.05, 4.69) is 5.32 Å². The molecule has 1 heterocycles. The molecule has 1 aromatic rings. The molecule has 13 heavy (non-hydrogen) atoms. The van der Waals surface area contributed by atoms with Crippen molar-refractivity contribution >= 4 is 17.2 Å². The molecular weight excluding hydrogens is 184 g/mol. The first-order valence-corrected chi connectivity index (χ1v) is 5.08. The second-order valence-corrected chi connectivity index (χ2v) is 3.96. The highest BCUT2D eigenvalue weighted by molar-refractivity contribution is 7.12. The monoisotopic (exact) mass is 198 g/mol. The summed E-state index contributed by atoms with van der Waals surface area (Å²) in [7, 11) is 0. The van der Waals surface area contributed by atoms with Gasteiger partial charge in [0, 0.05) is 12.6 Å². The summed E-state index contributed by atoms with van der Waals surface area (Å²) < 4.78 is 0. The van der Waals surface area contributed by atoms with Gasteiger partial charge in [-0.1, -0.05) is 0 Å². The lowest BCUT2D eigenvalue weighted by molar-refractivity contribution is 0.0945. The molecule has 1 amide bonds. The number of hydrogen-bond donors (Lipinski definition) is 2. The van der Waals surface area contributed by atoms with Gasteiger partial charge in [0.25, 0.3) is 5.91 Å². The fourth-order valence-corrected chi connectivity index (χ4v) is 1.78. The molecule has 0 saturated carbocycles. The number of nitrogens with one attached hydrogen (secondary N) is 1. The van der Waals surface area contributed by atoms with Crippen LogP contribution in [-0.4, -0.2) is 18.5 Å². The lowest BCUT2D eigenvalue weighted by Gasteiger charge is -2.10. The van der Waals surface area contributed by atoms with E-state index in [4.69, 9.17) is 5.73 Å². The van der Waals surface area contributed by atoms with Crippen molar-refractivity contribution in [1.29, 1.82) is 0 Å². The van der Waals surface area contributed by atoms with E-state index in [-0.39, 0.29) is 11.9 Å². The van der Waals surface area contributed by atoms with Crippen LogP contribution in [0.3, 0.4) is 0 Å². The zero-order valence-corrected chi connectivity index (χ0v) is 8.65. The van der Waals surface area contributed by atoms with Gasteiger partial charge < -0.3 is 11.1 Å². The number of thiophene rings is 1. The summed E-state index contributed by atoms with van der Waals surface area (Å²) in [6.07, 6.45) is 0. The normalized spacial score (nSPS) is 12.5. The highest BCUT2D eigenvalue weighted by Crippen LogP contribution is 2.14. The smallest absolute Gasteiger partial charge is 0.261 e. The molecule has 0 unspecified atom stereocenters. The molecule has 1 rings (SSSR count). The van der Waals surface area contributed by atoms with Crippen LogP contribution in [0.4, 0.5) is 0 Å². The number of amides is 1. The number of aryl methyl sites for hydroxylation is 1. The van der Waals surface area contributed by atoms with Crippen molar-refractivity contribution < 1.29 is 4.79 Å². The minimum atomic E-state index is -0.0227. The standard InChI is InChI=1S/C9H14N2OS/c1-6-3-4-13-8(6)9(12)11-7(2)5-10/h3-4,7H,5,10H2,1-2H3,(H,11,12)/t7-/m1/s1. The molecule has 0 radical (unpaired) electrons. The van der Waals surface area contributed by atoms with Crippen molar-refractivity contribution in [2.75, 3.05) is 6.54 Å². The molecule has 3 N–H and O–H groups in total. The van der Waals surface area contributed by atoms with Gasteiger partial charge in [-0.3, -0.25) is 4.79 Å². The average Bonchev–Trinajstić information content (AvgIpc) is 2.51. The average molecular weight is 198 g/mol. The van der Waals surface area contributed by atoms with Crippen LogP contribution in [0.2, 0.25) is 0 Å². The predicted octanol–water partition coefficient (Wildman–Crippen LogP) is 1.13. The van der Waals surface area contributed by atoms with Crippen LogP contribution in [0.25, 0.3) is 0 Å². The predicted molar refractivity (Wildman–Crippen MR) is 55.0 cm³/mol. The lowest BCUT2D eigenvalue weighted by Crippen LogP contribution is -2.37. The van der Waals surface area contributed by atoms with Crippen molar-refractivity contribution in [2.24, 2.45) is 5.73 Å². The fraction of sp³-hybridized carbons (Fsp3) is 0.444. The van der Waals surface area contributed by atoms with Gasteiger partial charge in [-0.2, -0.15) is 0 Å². The first-order chi connectivity index (χ1) is 6.15. The maximum atomic E-state index is 11.5. The topological polar surface area (TPSA) is 55.1 Å². The second kappa shape index (κ2) is 4.39. The zero-order valence-electron chi connectivity index (χ0n) is 7.83. The van der Waals surface area contributed by atoms with Gasteiger partial charge in [0.1, 0.15) is 0 Å². The largest absolute Gasteiger partial charge is 0.348 e. The molecule has 4 heteroatoms. The van der Waals surface area contributed by atoms with Gasteiger partial charge >= 0.3 is 0 Å². The molecule has 0 aromatic carbocycles. The lowest BCUT2D eigenvalue weighted by atomic mass is 10.2. The highest BCUT2D eigenvalue weighted by Gasteiger charge is 2.11. The molecule has 0 bridgehead atoms. The van der Waals surface area contributed by atoms with Crippen molar-refractivity contribution in [1.82, 2.24) is 5.32 Å². The maximum absolute atomic E-state index is 11.5. The number of carbonyl (C=O) groups is 1. The Balaban J connectivity index is 2.64. The molecule has 0 fully saturated rings. The SMILES string of the molecule is Cc1ccsc1C(=O)N[C@H](C)CN. The molecular formula is C9H14N2OS. The number of carbonyl (C=O) groups excluding carboxylic acids is 1. The zero-order chi connectivity index (χ0) is 9.84. The van der Waals surface area contributed by atoms with E-state index < -0.39 is 0 Å². The molecule has 72 valence electrons. The van der Waals surface area contributed by atoms with E-state index in [1.807, 2.05) is 25.3 Å². The van der Waals surface area contributed by atoms with Gasteiger partial charge in [0.15, 0.2) is 0 Å². The highest BCUT2D eigenvalue weighted by atomic mass is 32.1. The summed E-state index contributed by atoms with van der Waals surface area (Å²) in [4.78, 5) is 12.3. The molecule has 1 aromatic heterocycles. The molecule has 3 nitrogen and oxygen atoms in total. The molecule has 0 saturated heterocycles. The molecule has 0 aliphatic carbocycles. The van der Waals surface area contributed by atoms with Gasteiger partial charge in [-0.25, -0.2) is 0 Å². The fourth-order valence-electron chi connectivity index (χ4n) is 0.954.